The van der Waals surface area contributed by atoms with Crippen molar-refractivity contribution < 1.29 is 14.7 Å². The van der Waals surface area contributed by atoms with Crippen molar-refractivity contribution in [2.45, 2.75) is 25.7 Å². The second-order valence-corrected chi connectivity index (χ2v) is 10.3. The smallest absolute Gasteiger partial charge is 0.238 e. The van der Waals surface area contributed by atoms with Crippen molar-refractivity contribution in [3.8, 4) is 0 Å². The third-order valence-electron chi connectivity index (χ3n) is 6.76. The van der Waals surface area contributed by atoms with Crippen LogP contribution in [0.15, 0.2) is 69.3 Å². The molecule has 0 saturated carbocycles. The number of nitrogens with zero attached hydrogens (tertiary/aromatic N) is 3. The number of nitrogens with one attached hydrogen (secondary N) is 1. The summed E-state index contributed by atoms with van der Waals surface area (Å²) in [5, 5.41) is 13.5. The van der Waals surface area contributed by atoms with Crippen molar-refractivity contribution in [3.05, 3.63) is 75.5 Å². The Morgan fingerprint density at radius 2 is 1.78 bits per heavy atom. The van der Waals surface area contributed by atoms with Crippen molar-refractivity contribution >= 4 is 39.5 Å². The largest absolute Gasteiger partial charge is 0.511 e. The third kappa shape index (κ3) is 7.12. The van der Waals surface area contributed by atoms with Gasteiger partial charge in [-0.15, -0.1) is 0 Å². The third-order valence-corrected chi connectivity index (χ3v) is 7.48. The van der Waals surface area contributed by atoms with E-state index in [1.807, 2.05) is 55.5 Å². The molecule has 0 aromatic heterocycles. The average Bonchev–Trinajstić information content (AvgIpc) is 2.85. The normalized spacial score (nSPS) is 19.7. The Kier molecular flexibility index (Phi) is 9.07. The SMILES string of the molecule is Cc1ccc(NC(=O)CN2CCN(CCN=CC3=C(O)CC(c4ccccc4Br)CC3=O)CC2)cc1. The zero-order chi connectivity index (χ0) is 25.5. The predicted octanol–water partition coefficient (Wildman–Crippen LogP) is 4.34. The molecule has 0 spiro atoms. The van der Waals surface area contributed by atoms with Crippen LogP contribution in [0.4, 0.5) is 5.69 Å². The minimum atomic E-state index is -0.0687. The molecule has 1 atom stereocenters. The van der Waals surface area contributed by atoms with E-state index in [9.17, 15) is 14.7 Å². The van der Waals surface area contributed by atoms with Gasteiger partial charge in [-0.25, -0.2) is 0 Å². The summed E-state index contributed by atoms with van der Waals surface area (Å²) in [5.74, 6) is 0.0264. The minimum Gasteiger partial charge on any atom is -0.511 e. The van der Waals surface area contributed by atoms with Gasteiger partial charge in [-0.1, -0.05) is 51.8 Å². The summed E-state index contributed by atoms with van der Waals surface area (Å²) in [4.78, 5) is 33.9. The number of rotatable bonds is 8. The van der Waals surface area contributed by atoms with Crippen LogP contribution in [0.25, 0.3) is 0 Å². The number of carbonyl (C=O) groups excluding carboxylic acids is 2. The van der Waals surface area contributed by atoms with E-state index in [-0.39, 0.29) is 23.4 Å². The number of anilines is 1. The van der Waals surface area contributed by atoms with Crippen LogP contribution >= 0.6 is 15.9 Å². The standard InChI is InChI=1S/C28H33BrN4O3/c1-20-6-8-22(9-7-20)31-28(36)19-33-14-12-32(13-15-33)11-10-30-18-24-26(34)16-21(17-27(24)35)23-4-2-3-5-25(23)29/h2-9,18,21,34H,10-17,19H2,1H3,(H,31,36). The lowest BCUT2D eigenvalue weighted by molar-refractivity contribution is -0.118. The molecule has 2 N–H and O–H groups in total. The van der Waals surface area contributed by atoms with Gasteiger partial charge in [0.25, 0.3) is 0 Å². The molecule has 4 rings (SSSR count). The molecular weight excluding hydrogens is 520 g/mol. The van der Waals surface area contributed by atoms with E-state index in [0.29, 0.717) is 31.5 Å². The van der Waals surface area contributed by atoms with Gasteiger partial charge in [0.1, 0.15) is 5.76 Å². The maximum Gasteiger partial charge on any atom is 0.238 e. The van der Waals surface area contributed by atoms with Crippen LogP contribution in [0.1, 0.15) is 29.9 Å². The number of aryl methyl sites for hydroxylation is 1. The molecular formula is C28H33BrN4O3. The van der Waals surface area contributed by atoms with Crippen LogP contribution in [-0.4, -0.2) is 78.6 Å². The molecule has 2 aromatic carbocycles. The van der Waals surface area contributed by atoms with Crippen LogP contribution in [-0.2, 0) is 9.59 Å². The first-order valence-corrected chi connectivity index (χ1v) is 13.2. The highest BCUT2D eigenvalue weighted by molar-refractivity contribution is 9.10. The topological polar surface area (TPSA) is 85.2 Å². The zero-order valence-corrected chi connectivity index (χ0v) is 22.2. The monoisotopic (exact) mass is 552 g/mol. The second-order valence-electron chi connectivity index (χ2n) is 9.48. The fourth-order valence-electron chi connectivity index (χ4n) is 4.65. The van der Waals surface area contributed by atoms with Crippen LogP contribution in [0.3, 0.4) is 0 Å². The van der Waals surface area contributed by atoms with Gasteiger partial charge in [0.05, 0.1) is 18.7 Å². The first-order chi connectivity index (χ1) is 17.4. The summed E-state index contributed by atoms with van der Waals surface area (Å²) in [7, 11) is 0. The van der Waals surface area contributed by atoms with Gasteiger partial charge < -0.3 is 10.4 Å². The predicted molar refractivity (Wildman–Crippen MR) is 147 cm³/mol. The minimum absolute atomic E-state index is 0.00370. The van der Waals surface area contributed by atoms with Crippen LogP contribution in [0.2, 0.25) is 0 Å². The highest BCUT2D eigenvalue weighted by Crippen LogP contribution is 2.36. The number of piperazine rings is 1. The van der Waals surface area contributed by atoms with Crippen molar-refractivity contribution in [2.75, 3.05) is 51.1 Å². The van der Waals surface area contributed by atoms with Crippen molar-refractivity contribution in [3.63, 3.8) is 0 Å². The lowest BCUT2D eigenvalue weighted by Crippen LogP contribution is -2.49. The number of hydrogen-bond donors (Lipinski definition) is 2. The Bertz CT molecular complexity index is 1140. The number of amides is 1. The van der Waals surface area contributed by atoms with Gasteiger partial charge >= 0.3 is 0 Å². The van der Waals surface area contributed by atoms with E-state index >= 15 is 0 Å². The summed E-state index contributed by atoms with van der Waals surface area (Å²) in [5.41, 5.74) is 3.36. The molecule has 1 aliphatic heterocycles. The number of benzene rings is 2. The van der Waals surface area contributed by atoms with E-state index in [1.54, 1.807) is 6.21 Å². The van der Waals surface area contributed by atoms with E-state index in [2.05, 4.69) is 36.0 Å². The Hall–Kier alpha value is -2.81. The van der Waals surface area contributed by atoms with Crippen LogP contribution in [0.5, 0.6) is 0 Å². The molecule has 1 unspecified atom stereocenters. The van der Waals surface area contributed by atoms with E-state index in [4.69, 9.17) is 0 Å². The Balaban J connectivity index is 1.19. The molecule has 1 heterocycles. The van der Waals surface area contributed by atoms with Gasteiger partial charge in [0, 0.05) is 61.9 Å². The number of allylic oxidation sites excluding steroid dienone is 2. The van der Waals surface area contributed by atoms with Gasteiger partial charge in [-0.05, 0) is 36.6 Å². The number of carbonyl (C=O) groups is 2. The summed E-state index contributed by atoms with van der Waals surface area (Å²) in [6.07, 6.45) is 2.35. The molecule has 1 amide bonds. The van der Waals surface area contributed by atoms with Crippen LogP contribution < -0.4 is 5.32 Å². The van der Waals surface area contributed by atoms with Crippen LogP contribution in [0, 0.1) is 6.92 Å². The molecule has 0 bridgehead atoms. The van der Waals surface area contributed by atoms with Crippen molar-refractivity contribution in [1.82, 2.24) is 9.80 Å². The number of halogens is 1. The first-order valence-electron chi connectivity index (χ1n) is 12.4. The number of ketones is 1. The fraction of sp³-hybridized carbons (Fsp3) is 0.393. The average molecular weight is 554 g/mol. The Labute approximate surface area is 221 Å². The van der Waals surface area contributed by atoms with Gasteiger partial charge in [0.2, 0.25) is 5.91 Å². The molecule has 0 radical (unpaired) electrons. The van der Waals surface area contributed by atoms with Crippen molar-refractivity contribution in [1.29, 1.82) is 0 Å². The summed E-state index contributed by atoms with van der Waals surface area (Å²) >= 11 is 3.54. The number of hydrogen-bond acceptors (Lipinski definition) is 6. The molecule has 1 fully saturated rings. The van der Waals surface area contributed by atoms with E-state index in [0.717, 1.165) is 54.0 Å². The number of Topliss-reactive ketones (excluding diaryl/α,β-unsaturated/α-hetero) is 1. The first kappa shape index (κ1) is 26.3. The summed E-state index contributed by atoms with van der Waals surface area (Å²) in [6.45, 7) is 7.14. The fourth-order valence-corrected chi connectivity index (χ4v) is 5.26. The number of aliphatic imine (C=N–C) groups is 1. The summed E-state index contributed by atoms with van der Waals surface area (Å²) < 4.78 is 0.958. The molecule has 1 aliphatic carbocycles. The molecule has 8 heteroatoms. The molecule has 2 aromatic rings. The number of aliphatic hydroxyl groups is 1. The van der Waals surface area contributed by atoms with Crippen molar-refractivity contribution in [2.24, 2.45) is 4.99 Å². The van der Waals surface area contributed by atoms with E-state index < -0.39 is 0 Å². The molecule has 36 heavy (non-hydrogen) atoms. The maximum atomic E-state index is 12.7. The highest BCUT2D eigenvalue weighted by Gasteiger charge is 2.28. The van der Waals surface area contributed by atoms with E-state index in [1.165, 1.54) is 0 Å². The Morgan fingerprint density at radius 3 is 2.47 bits per heavy atom. The lowest BCUT2D eigenvalue weighted by Gasteiger charge is -2.33. The van der Waals surface area contributed by atoms with Gasteiger partial charge in [0.15, 0.2) is 5.78 Å². The lowest BCUT2D eigenvalue weighted by atomic mass is 9.83. The second kappa shape index (κ2) is 12.4. The zero-order valence-electron chi connectivity index (χ0n) is 20.6. The number of aliphatic hydroxyl groups excluding tert-OH is 1. The van der Waals surface area contributed by atoms with Gasteiger partial charge in [-0.3, -0.25) is 24.4 Å². The highest BCUT2D eigenvalue weighted by atomic mass is 79.9. The molecule has 190 valence electrons. The molecule has 7 nitrogen and oxygen atoms in total. The van der Waals surface area contributed by atoms with Gasteiger partial charge in [-0.2, -0.15) is 0 Å². The molecule has 2 aliphatic rings. The summed E-state index contributed by atoms with van der Waals surface area (Å²) in [6, 6.07) is 15.6. The molecule has 1 saturated heterocycles. The Morgan fingerprint density at radius 1 is 1.08 bits per heavy atom. The maximum absolute atomic E-state index is 12.7. The quantitative estimate of drug-likeness (QED) is 0.475.